The fraction of sp³-hybridized carbons (Fsp3) is 0.286. The van der Waals surface area contributed by atoms with Crippen molar-refractivity contribution in [1.29, 1.82) is 0 Å². The van der Waals surface area contributed by atoms with Crippen molar-refractivity contribution in [3.8, 4) is 0 Å². The summed E-state index contributed by atoms with van der Waals surface area (Å²) in [4.78, 5) is 38.1. The molecule has 9 heteroatoms. The smallest absolute Gasteiger partial charge is 0.269 e. The summed E-state index contributed by atoms with van der Waals surface area (Å²) in [5, 5.41) is 16.5. The number of nitro benzene ring substituents is 1. The Morgan fingerprint density at radius 2 is 1.86 bits per heavy atom. The van der Waals surface area contributed by atoms with Crippen LogP contribution in [0.3, 0.4) is 0 Å². The van der Waals surface area contributed by atoms with Crippen molar-refractivity contribution in [3.05, 3.63) is 93.9 Å². The number of unbranched alkanes of at least 4 members (excludes halogenated alkanes) is 1. The zero-order valence-corrected chi connectivity index (χ0v) is 21.1. The molecular weight excluding hydrogens is 472 g/mol. The first-order valence-electron chi connectivity index (χ1n) is 12.3. The summed E-state index contributed by atoms with van der Waals surface area (Å²) in [5.74, 6) is 0.199. The number of nitrogens with zero attached hydrogens (tertiary/aromatic N) is 2. The number of amides is 2. The highest BCUT2D eigenvalue weighted by Gasteiger charge is 2.19. The van der Waals surface area contributed by atoms with Gasteiger partial charge in [0.25, 0.3) is 11.6 Å². The van der Waals surface area contributed by atoms with Gasteiger partial charge < -0.3 is 20.0 Å². The molecular formula is C28H32N4O5. The minimum Gasteiger partial charge on any atom is -0.467 e. The van der Waals surface area contributed by atoms with Crippen molar-refractivity contribution in [3.63, 3.8) is 0 Å². The number of carbonyl (C=O) groups is 2. The molecule has 0 fully saturated rings. The van der Waals surface area contributed by atoms with E-state index in [4.69, 9.17) is 4.42 Å². The number of non-ortho nitro benzene ring substituents is 1. The van der Waals surface area contributed by atoms with E-state index in [1.807, 2.05) is 25.1 Å². The van der Waals surface area contributed by atoms with E-state index in [0.717, 1.165) is 37.3 Å². The van der Waals surface area contributed by atoms with E-state index in [1.54, 1.807) is 36.6 Å². The van der Waals surface area contributed by atoms with E-state index in [-0.39, 0.29) is 17.5 Å². The second-order valence-electron chi connectivity index (χ2n) is 8.51. The lowest BCUT2D eigenvalue weighted by Gasteiger charge is -2.26. The van der Waals surface area contributed by atoms with Crippen LogP contribution in [0.1, 0.15) is 54.8 Å². The largest absolute Gasteiger partial charge is 0.467 e. The molecule has 0 radical (unpaired) electrons. The monoisotopic (exact) mass is 504 g/mol. The van der Waals surface area contributed by atoms with Gasteiger partial charge >= 0.3 is 0 Å². The number of rotatable bonds is 13. The molecule has 0 spiro atoms. The third kappa shape index (κ3) is 8.06. The predicted octanol–water partition coefficient (Wildman–Crippen LogP) is 5.79. The normalized spacial score (nSPS) is 10.9. The first-order chi connectivity index (χ1) is 17.9. The minimum atomic E-state index is -0.476. The molecule has 1 heterocycles. The van der Waals surface area contributed by atoms with E-state index < -0.39 is 4.92 Å². The molecule has 2 N–H and O–H groups in total. The average Bonchev–Trinajstić information content (AvgIpc) is 3.42. The van der Waals surface area contributed by atoms with Crippen LogP contribution in [0, 0.1) is 10.1 Å². The van der Waals surface area contributed by atoms with Crippen molar-refractivity contribution in [2.75, 3.05) is 23.3 Å². The molecule has 0 aliphatic rings. The van der Waals surface area contributed by atoms with Crippen LogP contribution in [0.15, 0.2) is 71.4 Å². The molecule has 194 valence electrons. The van der Waals surface area contributed by atoms with Crippen LogP contribution in [0.2, 0.25) is 0 Å². The highest BCUT2D eigenvalue weighted by Crippen LogP contribution is 2.27. The second-order valence-corrected chi connectivity index (χ2v) is 8.51. The molecule has 0 bridgehead atoms. The molecule has 2 amide bonds. The summed E-state index contributed by atoms with van der Waals surface area (Å²) in [6.07, 6.45) is 7.29. The molecule has 0 atom stereocenters. The molecule has 37 heavy (non-hydrogen) atoms. The molecule has 3 rings (SSSR count). The summed E-state index contributed by atoms with van der Waals surface area (Å²) in [5.41, 5.74) is 2.35. The molecule has 9 nitrogen and oxygen atoms in total. The lowest BCUT2D eigenvalue weighted by molar-refractivity contribution is -0.384. The standard InChI is InChI=1S/C28H32N4O5/c1-3-5-17-31(20-24-7-6-18-37-24)26-14-11-22(19-25(26)28(34)29-16-4-2)30-27(33)15-10-21-8-12-23(13-9-21)32(35)36/h6-15,18-19H,3-5,16-17,20H2,1-2H3,(H,29,34)(H,30,33). The van der Waals surface area contributed by atoms with Gasteiger partial charge in [-0.2, -0.15) is 0 Å². The van der Waals surface area contributed by atoms with Crippen LogP contribution < -0.4 is 15.5 Å². The van der Waals surface area contributed by atoms with Crippen molar-refractivity contribution < 1.29 is 18.9 Å². The molecule has 0 saturated carbocycles. The van der Waals surface area contributed by atoms with Crippen LogP contribution >= 0.6 is 0 Å². The number of hydrogen-bond donors (Lipinski definition) is 2. The average molecular weight is 505 g/mol. The number of carbonyl (C=O) groups excluding carboxylic acids is 2. The van der Waals surface area contributed by atoms with Crippen molar-refractivity contribution >= 4 is 35.0 Å². The third-order valence-electron chi connectivity index (χ3n) is 5.62. The maximum absolute atomic E-state index is 13.1. The molecule has 1 aromatic heterocycles. The lowest BCUT2D eigenvalue weighted by atomic mass is 10.1. The highest BCUT2D eigenvalue weighted by atomic mass is 16.6. The second kappa shape index (κ2) is 13.6. The van der Waals surface area contributed by atoms with Gasteiger partial charge in [0.2, 0.25) is 5.91 Å². The Bertz CT molecular complexity index is 1220. The summed E-state index contributed by atoms with van der Waals surface area (Å²) in [6.45, 7) is 5.90. The van der Waals surface area contributed by atoms with Gasteiger partial charge in [-0.1, -0.05) is 20.3 Å². The van der Waals surface area contributed by atoms with Crippen LogP contribution in [-0.2, 0) is 11.3 Å². The van der Waals surface area contributed by atoms with Crippen molar-refractivity contribution in [2.45, 2.75) is 39.7 Å². The summed E-state index contributed by atoms with van der Waals surface area (Å²) < 4.78 is 5.55. The number of anilines is 2. The molecule has 0 saturated heterocycles. The van der Waals surface area contributed by atoms with Gasteiger partial charge in [0, 0.05) is 37.0 Å². The molecule has 2 aromatic carbocycles. The molecule has 0 unspecified atom stereocenters. The molecule has 3 aromatic rings. The Balaban J connectivity index is 1.82. The summed E-state index contributed by atoms with van der Waals surface area (Å²) >= 11 is 0. The Kier molecular flexibility index (Phi) is 10.0. The van der Waals surface area contributed by atoms with E-state index in [2.05, 4.69) is 22.5 Å². The predicted molar refractivity (Wildman–Crippen MR) is 144 cm³/mol. The van der Waals surface area contributed by atoms with E-state index in [1.165, 1.54) is 18.2 Å². The number of hydrogen-bond acceptors (Lipinski definition) is 6. The summed E-state index contributed by atoms with van der Waals surface area (Å²) in [6, 6.07) is 14.9. The Hall–Kier alpha value is -4.40. The quantitative estimate of drug-likeness (QED) is 0.173. The molecule has 0 aliphatic carbocycles. The van der Waals surface area contributed by atoms with Gasteiger partial charge in [-0.05, 0) is 66.9 Å². The number of benzene rings is 2. The zero-order valence-electron chi connectivity index (χ0n) is 21.1. The topological polar surface area (TPSA) is 118 Å². The SMILES string of the molecule is CCCCN(Cc1ccco1)c1ccc(NC(=O)C=Cc2ccc([N+](=O)[O-])cc2)cc1C(=O)NCCC. The number of nitro groups is 1. The van der Waals surface area contributed by atoms with Crippen LogP contribution in [0.5, 0.6) is 0 Å². The maximum Gasteiger partial charge on any atom is 0.269 e. The summed E-state index contributed by atoms with van der Waals surface area (Å²) in [7, 11) is 0. The maximum atomic E-state index is 13.1. The van der Waals surface area contributed by atoms with Gasteiger partial charge in [0.15, 0.2) is 0 Å². The van der Waals surface area contributed by atoms with Crippen LogP contribution in [0.4, 0.5) is 17.1 Å². The van der Waals surface area contributed by atoms with E-state index in [9.17, 15) is 19.7 Å². The Morgan fingerprint density at radius 1 is 1.08 bits per heavy atom. The third-order valence-corrected chi connectivity index (χ3v) is 5.62. The first kappa shape index (κ1) is 27.2. The number of nitrogens with one attached hydrogen (secondary N) is 2. The highest BCUT2D eigenvalue weighted by molar-refractivity contribution is 6.05. The molecule has 0 aliphatic heterocycles. The van der Waals surface area contributed by atoms with Gasteiger partial charge in [-0.25, -0.2) is 0 Å². The Labute approximate surface area is 216 Å². The Morgan fingerprint density at radius 3 is 2.51 bits per heavy atom. The van der Waals surface area contributed by atoms with Gasteiger partial charge in [-0.15, -0.1) is 0 Å². The first-order valence-corrected chi connectivity index (χ1v) is 12.3. The van der Waals surface area contributed by atoms with Crippen molar-refractivity contribution in [2.24, 2.45) is 0 Å². The fourth-order valence-electron chi connectivity index (χ4n) is 3.69. The van der Waals surface area contributed by atoms with Crippen molar-refractivity contribution in [1.82, 2.24) is 5.32 Å². The lowest BCUT2D eigenvalue weighted by Crippen LogP contribution is -2.30. The van der Waals surface area contributed by atoms with E-state index >= 15 is 0 Å². The van der Waals surface area contributed by atoms with Crippen LogP contribution in [-0.4, -0.2) is 29.8 Å². The fourth-order valence-corrected chi connectivity index (χ4v) is 3.69. The van der Waals surface area contributed by atoms with Gasteiger partial charge in [0.1, 0.15) is 5.76 Å². The van der Waals surface area contributed by atoms with Gasteiger partial charge in [-0.3, -0.25) is 19.7 Å². The van der Waals surface area contributed by atoms with Gasteiger partial charge in [0.05, 0.1) is 29.0 Å². The van der Waals surface area contributed by atoms with Crippen LogP contribution in [0.25, 0.3) is 6.08 Å². The minimum absolute atomic E-state index is 0.0180. The number of furan rings is 1. The van der Waals surface area contributed by atoms with E-state index in [0.29, 0.717) is 29.9 Å². The zero-order chi connectivity index (χ0) is 26.6.